The maximum atomic E-state index is 10.5. The number of hydrogen-bond acceptors (Lipinski definition) is 4. The molecule has 1 N–H and O–H groups in total. The molecule has 1 aliphatic rings. The first-order valence-corrected chi connectivity index (χ1v) is 8.66. The molecular weight excluding hydrogens is 302 g/mol. The Balaban J connectivity index is 1.64. The molecule has 0 spiro atoms. The number of carbonyl (C=O) groups is 1. The summed E-state index contributed by atoms with van der Waals surface area (Å²) in [5.41, 5.74) is 0. The van der Waals surface area contributed by atoms with Crippen LogP contribution in [0.25, 0.3) is 6.08 Å². The Morgan fingerprint density at radius 2 is 2.10 bits per heavy atom. The highest BCUT2D eigenvalue weighted by Gasteiger charge is 2.29. The van der Waals surface area contributed by atoms with E-state index in [0.29, 0.717) is 6.04 Å². The van der Waals surface area contributed by atoms with Gasteiger partial charge in [0, 0.05) is 39.8 Å². The number of thiophene rings is 2. The van der Waals surface area contributed by atoms with E-state index in [-0.39, 0.29) is 0 Å². The van der Waals surface area contributed by atoms with Crippen LogP contribution in [0.1, 0.15) is 27.5 Å². The second kappa shape index (κ2) is 6.56. The van der Waals surface area contributed by atoms with Crippen LogP contribution in [-0.2, 0) is 17.9 Å². The Bertz CT molecular complexity index is 627. The van der Waals surface area contributed by atoms with Crippen LogP contribution >= 0.6 is 22.7 Å². The van der Waals surface area contributed by atoms with Crippen molar-refractivity contribution in [1.82, 2.24) is 4.90 Å². The fraction of sp³-hybridized carbons (Fsp3) is 0.312. The van der Waals surface area contributed by atoms with Crippen molar-refractivity contribution in [2.24, 2.45) is 0 Å². The van der Waals surface area contributed by atoms with Crippen molar-refractivity contribution in [1.29, 1.82) is 0 Å². The van der Waals surface area contributed by atoms with E-state index in [9.17, 15) is 4.79 Å². The zero-order chi connectivity index (χ0) is 14.7. The Morgan fingerprint density at radius 1 is 1.29 bits per heavy atom. The van der Waals surface area contributed by atoms with Gasteiger partial charge in [-0.1, -0.05) is 6.07 Å². The molecule has 0 atom stereocenters. The molecule has 21 heavy (non-hydrogen) atoms. The van der Waals surface area contributed by atoms with Gasteiger partial charge in [-0.05, 0) is 42.5 Å². The molecule has 1 fully saturated rings. The fourth-order valence-electron chi connectivity index (χ4n) is 2.28. The highest BCUT2D eigenvalue weighted by Crippen LogP contribution is 2.32. The van der Waals surface area contributed by atoms with Crippen molar-refractivity contribution in [3.63, 3.8) is 0 Å². The molecule has 0 unspecified atom stereocenters. The molecule has 0 aliphatic heterocycles. The molecule has 1 saturated carbocycles. The van der Waals surface area contributed by atoms with Crippen LogP contribution in [0.4, 0.5) is 0 Å². The summed E-state index contributed by atoms with van der Waals surface area (Å²) >= 11 is 3.48. The zero-order valence-electron chi connectivity index (χ0n) is 11.6. The number of aliphatic carboxylic acids is 1. The minimum absolute atomic E-state index is 0.715. The van der Waals surface area contributed by atoms with Gasteiger partial charge in [0.05, 0.1) is 0 Å². The molecule has 0 saturated heterocycles. The molecule has 2 aromatic heterocycles. The molecular formula is C16H17NO2S2. The van der Waals surface area contributed by atoms with Crippen LogP contribution in [0.3, 0.4) is 0 Å². The average Bonchev–Trinajstić information content (AvgIpc) is 2.99. The van der Waals surface area contributed by atoms with Crippen LogP contribution in [0.15, 0.2) is 35.7 Å². The third-order valence-electron chi connectivity index (χ3n) is 3.43. The average molecular weight is 319 g/mol. The molecule has 5 heteroatoms. The molecule has 3 nitrogen and oxygen atoms in total. The van der Waals surface area contributed by atoms with Gasteiger partial charge in [0.25, 0.3) is 0 Å². The molecule has 0 bridgehead atoms. The fourth-order valence-corrected chi connectivity index (χ4v) is 3.95. The monoisotopic (exact) mass is 319 g/mol. The van der Waals surface area contributed by atoms with Gasteiger partial charge in [-0.2, -0.15) is 0 Å². The van der Waals surface area contributed by atoms with Gasteiger partial charge in [-0.3, -0.25) is 4.90 Å². The second-order valence-electron chi connectivity index (χ2n) is 5.19. The number of carboxylic acids is 1. The number of hydrogen-bond donors (Lipinski definition) is 1. The van der Waals surface area contributed by atoms with Gasteiger partial charge in [-0.25, -0.2) is 4.79 Å². The second-order valence-corrected chi connectivity index (χ2v) is 7.42. The van der Waals surface area contributed by atoms with E-state index in [1.807, 2.05) is 17.4 Å². The summed E-state index contributed by atoms with van der Waals surface area (Å²) < 4.78 is 0. The molecule has 0 amide bonds. The van der Waals surface area contributed by atoms with E-state index in [1.54, 1.807) is 17.4 Å². The van der Waals surface area contributed by atoms with Gasteiger partial charge in [0.15, 0.2) is 0 Å². The zero-order valence-corrected chi connectivity index (χ0v) is 13.2. The third-order valence-corrected chi connectivity index (χ3v) is 5.33. The van der Waals surface area contributed by atoms with Crippen molar-refractivity contribution < 1.29 is 9.90 Å². The number of nitrogens with zero attached hydrogens (tertiary/aromatic N) is 1. The Kier molecular flexibility index (Phi) is 4.53. The van der Waals surface area contributed by atoms with E-state index < -0.39 is 5.97 Å². The summed E-state index contributed by atoms with van der Waals surface area (Å²) in [5, 5.41) is 10.8. The summed E-state index contributed by atoms with van der Waals surface area (Å²) in [4.78, 5) is 16.8. The first-order chi connectivity index (χ1) is 10.2. The van der Waals surface area contributed by atoms with Crippen LogP contribution in [0, 0.1) is 0 Å². The predicted molar refractivity (Wildman–Crippen MR) is 87.6 cm³/mol. The SMILES string of the molecule is O=C(O)C=Cc1ccc(CN(Cc2cccs2)C2CC2)s1. The summed E-state index contributed by atoms with van der Waals surface area (Å²) in [5.74, 6) is -0.901. The van der Waals surface area contributed by atoms with Gasteiger partial charge in [0.2, 0.25) is 0 Å². The summed E-state index contributed by atoms with van der Waals surface area (Å²) in [7, 11) is 0. The molecule has 2 aromatic rings. The summed E-state index contributed by atoms with van der Waals surface area (Å²) in [6.45, 7) is 1.97. The molecule has 0 aromatic carbocycles. The molecule has 110 valence electrons. The van der Waals surface area contributed by atoms with E-state index >= 15 is 0 Å². The van der Waals surface area contributed by atoms with E-state index in [4.69, 9.17) is 5.11 Å². The highest BCUT2D eigenvalue weighted by molar-refractivity contribution is 7.12. The maximum Gasteiger partial charge on any atom is 0.328 e. The van der Waals surface area contributed by atoms with Gasteiger partial charge >= 0.3 is 5.97 Å². The smallest absolute Gasteiger partial charge is 0.328 e. The van der Waals surface area contributed by atoms with Gasteiger partial charge < -0.3 is 5.11 Å². The van der Waals surface area contributed by atoms with Crippen molar-refractivity contribution in [2.45, 2.75) is 32.0 Å². The number of carboxylic acid groups (broad SMARTS) is 1. The van der Waals surface area contributed by atoms with Gasteiger partial charge in [0.1, 0.15) is 0 Å². The largest absolute Gasteiger partial charge is 0.478 e. The number of rotatable bonds is 7. The lowest BCUT2D eigenvalue weighted by Crippen LogP contribution is -2.24. The Hall–Kier alpha value is -1.43. The molecule has 3 rings (SSSR count). The highest BCUT2D eigenvalue weighted by atomic mass is 32.1. The van der Waals surface area contributed by atoms with E-state index in [0.717, 1.165) is 18.0 Å². The van der Waals surface area contributed by atoms with Crippen LogP contribution in [-0.4, -0.2) is 22.0 Å². The van der Waals surface area contributed by atoms with Crippen molar-refractivity contribution in [3.05, 3.63) is 50.4 Å². The quantitative estimate of drug-likeness (QED) is 0.782. The molecule has 0 radical (unpaired) electrons. The summed E-state index contributed by atoms with van der Waals surface area (Å²) in [6.07, 6.45) is 5.45. The van der Waals surface area contributed by atoms with Crippen LogP contribution in [0.2, 0.25) is 0 Å². The Morgan fingerprint density at radius 3 is 2.76 bits per heavy atom. The van der Waals surface area contributed by atoms with Crippen LogP contribution < -0.4 is 0 Å². The predicted octanol–water partition coefficient (Wildman–Crippen LogP) is 4.07. The van der Waals surface area contributed by atoms with Crippen LogP contribution in [0.5, 0.6) is 0 Å². The lowest BCUT2D eigenvalue weighted by atomic mass is 10.3. The normalized spacial score (nSPS) is 15.1. The lowest BCUT2D eigenvalue weighted by molar-refractivity contribution is -0.131. The first kappa shape index (κ1) is 14.5. The third kappa shape index (κ3) is 4.27. The minimum Gasteiger partial charge on any atom is -0.478 e. The van der Waals surface area contributed by atoms with Crippen molar-refractivity contribution in [3.8, 4) is 0 Å². The van der Waals surface area contributed by atoms with Gasteiger partial charge in [-0.15, -0.1) is 22.7 Å². The van der Waals surface area contributed by atoms with Crippen molar-refractivity contribution >= 4 is 34.7 Å². The standard InChI is InChI=1S/C16H17NO2S2/c18-16(19)8-7-13-5-6-15(21-13)11-17(12-3-4-12)10-14-2-1-9-20-14/h1-2,5-9,12H,3-4,10-11H2,(H,18,19). The van der Waals surface area contributed by atoms with Crippen molar-refractivity contribution in [2.75, 3.05) is 0 Å². The topological polar surface area (TPSA) is 40.5 Å². The maximum absolute atomic E-state index is 10.5. The van der Waals surface area contributed by atoms with E-state index in [2.05, 4.69) is 28.5 Å². The molecule has 1 aliphatic carbocycles. The summed E-state index contributed by atoms with van der Waals surface area (Å²) in [6, 6.07) is 9.11. The minimum atomic E-state index is -0.901. The first-order valence-electron chi connectivity index (χ1n) is 6.97. The lowest BCUT2D eigenvalue weighted by Gasteiger charge is -2.20. The molecule has 2 heterocycles. The van der Waals surface area contributed by atoms with E-state index in [1.165, 1.54) is 28.7 Å². The Labute approximate surface area is 132 Å².